The SMILES string of the molecule is O=C(Cc1ccc(Cl)c(Cl)c1)Nc1ccc(Cl)c(S(=O)(=O)N2CCOCC2)c1. The van der Waals surface area contributed by atoms with Crippen LogP contribution in [0, 0.1) is 0 Å². The quantitative estimate of drug-likeness (QED) is 0.731. The van der Waals surface area contributed by atoms with E-state index < -0.39 is 10.0 Å². The predicted octanol–water partition coefficient (Wildman–Crippen LogP) is 3.85. The Labute approximate surface area is 178 Å². The van der Waals surface area contributed by atoms with Crippen LogP contribution in [0.2, 0.25) is 15.1 Å². The van der Waals surface area contributed by atoms with E-state index in [1.807, 2.05) is 0 Å². The first kappa shape index (κ1) is 21.4. The van der Waals surface area contributed by atoms with Gasteiger partial charge in [0.05, 0.1) is 34.7 Å². The average molecular weight is 464 g/mol. The maximum absolute atomic E-state index is 12.9. The molecular weight excluding hydrogens is 447 g/mol. The minimum atomic E-state index is -3.78. The van der Waals surface area contributed by atoms with Gasteiger partial charge in [0.1, 0.15) is 4.90 Å². The van der Waals surface area contributed by atoms with Gasteiger partial charge in [-0.05, 0) is 35.9 Å². The molecule has 1 amide bonds. The molecule has 2 aromatic rings. The largest absolute Gasteiger partial charge is 0.379 e. The number of sulfonamides is 1. The second-order valence-electron chi connectivity index (χ2n) is 6.14. The molecule has 150 valence electrons. The number of ether oxygens (including phenoxy) is 1. The third-order valence-electron chi connectivity index (χ3n) is 4.15. The number of carbonyl (C=O) groups excluding carboxylic acids is 1. The molecule has 1 heterocycles. The molecule has 0 atom stereocenters. The van der Waals surface area contributed by atoms with Crippen molar-refractivity contribution < 1.29 is 17.9 Å². The first-order valence-electron chi connectivity index (χ1n) is 8.38. The molecule has 3 rings (SSSR count). The van der Waals surface area contributed by atoms with Crippen molar-refractivity contribution in [1.29, 1.82) is 0 Å². The third-order valence-corrected chi connectivity index (χ3v) is 7.27. The van der Waals surface area contributed by atoms with Crippen molar-refractivity contribution in [3.63, 3.8) is 0 Å². The van der Waals surface area contributed by atoms with Crippen molar-refractivity contribution in [2.24, 2.45) is 0 Å². The number of benzene rings is 2. The minimum absolute atomic E-state index is 0.0524. The number of rotatable bonds is 5. The Balaban J connectivity index is 1.77. The minimum Gasteiger partial charge on any atom is -0.379 e. The van der Waals surface area contributed by atoms with Crippen LogP contribution in [0.3, 0.4) is 0 Å². The lowest BCUT2D eigenvalue weighted by Crippen LogP contribution is -2.40. The highest BCUT2D eigenvalue weighted by Crippen LogP contribution is 2.28. The summed E-state index contributed by atoms with van der Waals surface area (Å²) < 4.78 is 32.2. The van der Waals surface area contributed by atoms with Crippen LogP contribution in [0.25, 0.3) is 0 Å². The molecule has 0 unspecified atom stereocenters. The van der Waals surface area contributed by atoms with Gasteiger partial charge in [0.15, 0.2) is 0 Å². The summed E-state index contributed by atoms with van der Waals surface area (Å²) in [6, 6.07) is 9.28. The fraction of sp³-hybridized carbons (Fsp3) is 0.278. The van der Waals surface area contributed by atoms with Crippen LogP contribution in [0.4, 0.5) is 5.69 Å². The molecule has 6 nitrogen and oxygen atoms in total. The van der Waals surface area contributed by atoms with E-state index >= 15 is 0 Å². The van der Waals surface area contributed by atoms with Crippen LogP contribution in [0.5, 0.6) is 0 Å². The molecule has 0 radical (unpaired) electrons. The maximum atomic E-state index is 12.9. The Morgan fingerprint density at radius 3 is 2.36 bits per heavy atom. The van der Waals surface area contributed by atoms with Crippen LogP contribution in [0.15, 0.2) is 41.3 Å². The lowest BCUT2D eigenvalue weighted by Gasteiger charge is -2.26. The normalized spacial score (nSPS) is 15.4. The topological polar surface area (TPSA) is 75.7 Å². The summed E-state index contributed by atoms with van der Waals surface area (Å²) in [4.78, 5) is 12.3. The number of hydrogen-bond donors (Lipinski definition) is 1. The molecule has 1 saturated heterocycles. The molecule has 0 spiro atoms. The highest BCUT2D eigenvalue weighted by Gasteiger charge is 2.28. The van der Waals surface area contributed by atoms with E-state index in [1.165, 1.54) is 16.4 Å². The molecule has 0 saturated carbocycles. The average Bonchev–Trinajstić information content (AvgIpc) is 2.67. The highest BCUT2D eigenvalue weighted by molar-refractivity contribution is 7.89. The first-order valence-corrected chi connectivity index (χ1v) is 11.0. The second-order valence-corrected chi connectivity index (χ2v) is 9.26. The van der Waals surface area contributed by atoms with Crippen molar-refractivity contribution in [3.05, 3.63) is 57.0 Å². The molecular formula is C18H17Cl3N2O4S. The summed E-state index contributed by atoms with van der Waals surface area (Å²) in [5.74, 6) is -0.324. The van der Waals surface area contributed by atoms with Crippen molar-refractivity contribution in [3.8, 4) is 0 Å². The van der Waals surface area contributed by atoms with E-state index in [0.717, 1.165) is 0 Å². The number of halogens is 3. The Hall–Kier alpha value is -1.35. The Morgan fingerprint density at radius 2 is 1.68 bits per heavy atom. The molecule has 0 aliphatic carbocycles. The molecule has 10 heteroatoms. The molecule has 0 bridgehead atoms. The van der Waals surface area contributed by atoms with Crippen molar-refractivity contribution in [2.45, 2.75) is 11.3 Å². The molecule has 1 aliphatic heterocycles. The highest BCUT2D eigenvalue weighted by atomic mass is 35.5. The standard InChI is InChI=1S/C18H17Cl3N2O4S/c19-14-3-1-12(9-16(14)21)10-18(24)22-13-2-4-15(20)17(11-13)28(25,26)23-5-7-27-8-6-23/h1-4,9,11H,5-8,10H2,(H,22,24). The smallest absolute Gasteiger partial charge is 0.244 e. The van der Waals surface area contributed by atoms with Gasteiger partial charge in [-0.1, -0.05) is 40.9 Å². The van der Waals surface area contributed by atoms with Gasteiger partial charge >= 0.3 is 0 Å². The zero-order valence-electron chi connectivity index (χ0n) is 14.6. The van der Waals surface area contributed by atoms with E-state index in [4.69, 9.17) is 39.5 Å². The molecule has 2 aromatic carbocycles. The summed E-state index contributed by atoms with van der Waals surface area (Å²) in [6.45, 7) is 1.17. The van der Waals surface area contributed by atoms with E-state index in [0.29, 0.717) is 34.5 Å². The number of nitrogens with zero attached hydrogens (tertiary/aromatic N) is 1. The van der Waals surface area contributed by atoms with Crippen LogP contribution in [0.1, 0.15) is 5.56 Å². The Morgan fingerprint density at radius 1 is 1.00 bits per heavy atom. The van der Waals surface area contributed by atoms with Crippen molar-refractivity contribution in [2.75, 3.05) is 31.6 Å². The van der Waals surface area contributed by atoms with Gasteiger partial charge < -0.3 is 10.1 Å². The fourth-order valence-corrected chi connectivity index (χ4v) is 4.97. The third kappa shape index (κ3) is 4.97. The second kappa shape index (κ2) is 8.98. The van der Waals surface area contributed by atoms with Gasteiger partial charge in [-0.2, -0.15) is 4.31 Å². The number of anilines is 1. The van der Waals surface area contributed by atoms with Gasteiger partial charge in [-0.3, -0.25) is 4.79 Å². The van der Waals surface area contributed by atoms with Gasteiger partial charge in [0, 0.05) is 18.8 Å². The number of nitrogens with one attached hydrogen (secondary N) is 1. The fourth-order valence-electron chi connectivity index (χ4n) is 2.75. The van der Waals surface area contributed by atoms with E-state index in [1.54, 1.807) is 24.3 Å². The zero-order valence-corrected chi connectivity index (χ0v) is 17.7. The number of hydrogen-bond acceptors (Lipinski definition) is 4. The zero-order chi connectivity index (χ0) is 20.3. The van der Waals surface area contributed by atoms with Gasteiger partial charge in [-0.15, -0.1) is 0 Å². The number of morpholine rings is 1. The number of carbonyl (C=O) groups is 1. The van der Waals surface area contributed by atoms with Crippen molar-refractivity contribution in [1.82, 2.24) is 4.31 Å². The lowest BCUT2D eigenvalue weighted by molar-refractivity contribution is -0.115. The van der Waals surface area contributed by atoms with Gasteiger partial charge in [0.2, 0.25) is 15.9 Å². The van der Waals surface area contributed by atoms with Gasteiger partial charge in [-0.25, -0.2) is 8.42 Å². The molecule has 0 aromatic heterocycles. The summed E-state index contributed by atoms with van der Waals surface area (Å²) in [5, 5.41) is 3.54. The van der Waals surface area contributed by atoms with E-state index in [-0.39, 0.29) is 35.3 Å². The molecule has 1 fully saturated rings. The Bertz CT molecular complexity index is 992. The van der Waals surface area contributed by atoms with E-state index in [2.05, 4.69) is 5.32 Å². The summed E-state index contributed by atoms with van der Waals surface area (Å²) in [7, 11) is -3.78. The Kier molecular flexibility index (Phi) is 6.85. The monoisotopic (exact) mass is 462 g/mol. The maximum Gasteiger partial charge on any atom is 0.244 e. The summed E-state index contributed by atoms with van der Waals surface area (Å²) >= 11 is 18.0. The lowest BCUT2D eigenvalue weighted by atomic mass is 10.1. The van der Waals surface area contributed by atoms with Crippen LogP contribution < -0.4 is 5.32 Å². The molecule has 28 heavy (non-hydrogen) atoms. The molecule has 1 N–H and O–H groups in total. The predicted molar refractivity (Wildman–Crippen MR) is 110 cm³/mol. The van der Waals surface area contributed by atoms with Crippen molar-refractivity contribution >= 4 is 56.4 Å². The van der Waals surface area contributed by atoms with E-state index in [9.17, 15) is 13.2 Å². The van der Waals surface area contributed by atoms with Gasteiger partial charge in [0.25, 0.3) is 0 Å². The summed E-state index contributed by atoms with van der Waals surface area (Å²) in [5.41, 5.74) is 1.02. The van der Waals surface area contributed by atoms with Crippen LogP contribution in [-0.2, 0) is 26.0 Å². The van der Waals surface area contributed by atoms with Crippen LogP contribution >= 0.6 is 34.8 Å². The molecule has 1 aliphatic rings. The number of amides is 1. The first-order chi connectivity index (χ1) is 13.3. The summed E-state index contributed by atoms with van der Waals surface area (Å²) in [6.07, 6.45) is 0.0606. The van der Waals surface area contributed by atoms with Crippen LogP contribution in [-0.4, -0.2) is 44.9 Å².